The van der Waals surface area contributed by atoms with E-state index in [9.17, 15) is 4.79 Å². The van der Waals surface area contributed by atoms with Gasteiger partial charge in [0, 0.05) is 17.8 Å². The van der Waals surface area contributed by atoms with Gasteiger partial charge in [-0.3, -0.25) is 4.98 Å². The number of aromatic nitrogens is 1. The molecule has 1 fully saturated rings. The molecule has 1 saturated heterocycles. The molecule has 6 heteroatoms. The van der Waals surface area contributed by atoms with E-state index in [1.165, 1.54) is 0 Å². The largest absolute Gasteiger partial charge is 0.444 e. The summed E-state index contributed by atoms with van der Waals surface area (Å²) >= 11 is 0. The number of hydrogen-bond donors (Lipinski definition) is 2. The van der Waals surface area contributed by atoms with Crippen LogP contribution in [0.2, 0.25) is 0 Å². The summed E-state index contributed by atoms with van der Waals surface area (Å²) in [7, 11) is 0. The summed E-state index contributed by atoms with van der Waals surface area (Å²) in [6.45, 7) is 7.53. The maximum Gasteiger partial charge on any atom is 0.407 e. The molecular weight excluding hydrogens is 282 g/mol. The number of nitrogens with one attached hydrogen (secondary N) is 1. The number of pyridine rings is 1. The maximum atomic E-state index is 11.9. The highest BCUT2D eigenvalue weighted by Crippen LogP contribution is 2.33. The molecule has 1 aromatic rings. The van der Waals surface area contributed by atoms with Gasteiger partial charge in [0.2, 0.25) is 0 Å². The number of nitrogens with two attached hydrogens (primary N) is 1. The molecule has 0 aromatic carbocycles. The van der Waals surface area contributed by atoms with Gasteiger partial charge in [-0.25, -0.2) is 4.79 Å². The normalized spacial score (nSPS) is 25.5. The van der Waals surface area contributed by atoms with E-state index in [2.05, 4.69) is 10.3 Å². The van der Waals surface area contributed by atoms with Crippen LogP contribution < -0.4 is 11.1 Å². The molecular formula is C16H25N3O3. The molecule has 3 N–H and O–H groups in total. The van der Waals surface area contributed by atoms with Gasteiger partial charge in [0.25, 0.3) is 0 Å². The first-order valence-corrected chi connectivity index (χ1v) is 7.59. The van der Waals surface area contributed by atoms with Crippen molar-refractivity contribution in [1.29, 1.82) is 0 Å². The average Bonchev–Trinajstić information content (AvgIpc) is 2.35. The molecule has 1 aromatic heterocycles. The Bertz CT molecular complexity index is 528. The zero-order valence-corrected chi connectivity index (χ0v) is 13.6. The van der Waals surface area contributed by atoms with Crippen molar-refractivity contribution in [2.75, 3.05) is 5.73 Å². The predicted octanol–water partition coefficient (Wildman–Crippen LogP) is 2.80. The van der Waals surface area contributed by atoms with Crippen LogP contribution in [-0.4, -0.2) is 28.8 Å². The summed E-state index contributed by atoms with van der Waals surface area (Å²) in [6.07, 6.45) is 4.23. The lowest BCUT2D eigenvalue weighted by Gasteiger charge is -2.35. The van der Waals surface area contributed by atoms with Crippen LogP contribution in [-0.2, 0) is 9.47 Å². The van der Waals surface area contributed by atoms with E-state index < -0.39 is 11.7 Å². The topological polar surface area (TPSA) is 86.5 Å². The fraction of sp³-hybridized carbons (Fsp3) is 0.625. The van der Waals surface area contributed by atoms with E-state index >= 15 is 0 Å². The monoisotopic (exact) mass is 307 g/mol. The number of amides is 1. The van der Waals surface area contributed by atoms with Gasteiger partial charge >= 0.3 is 6.09 Å². The van der Waals surface area contributed by atoms with E-state index in [0.29, 0.717) is 12.1 Å². The summed E-state index contributed by atoms with van der Waals surface area (Å²) in [5.41, 5.74) is 6.99. The number of nitrogens with zero attached hydrogens (tertiary/aromatic N) is 1. The fourth-order valence-corrected chi connectivity index (χ4v) is 2.65. The van der Waals surface area contributed by atoms with Crippen LogP contribution in [0.3, 0.4) is 0 Å². The number of ether oxygens (including phenoxy) is 2. The van der Waals surface area contributed by atoms with Crippen LogP contribution in [0.15, 0.2) is 18.5 Å². The van der Waals surface area contributed by atoms with Crippen LogP contribution in [0, 0.1) is 0 Å². The maximum absolute atomic E-state index is 11.9. The van der Waals surface area contributed by atoms with Crippen molar-refractivity contribution in [3.05, 3.63) is 24.0 Å². The van der Waals surface area contributed by atoms with Crippen LogP contribution in [0.1, 0.15) is 52.2 Å². The first kappa shape index (κ1) is 16.5. The van der Waals surface area contributed by atoms with Gasteiger partial charge < -0.3 is 20.5 Å². The lowest BCUT2D eigenvalue weighted by molar-refractivity contribution is -0.0542. The molecule has 1 aliphatic rings. The number of nitrogen functional groups attached to an aromatic ring is 1. The van der Waals surface area contributed by atoms with Crippen LogP contribution in [0.4, 0.5) is 10.5 Å². The molecule has 0 radical (unpaired) electrons. The lowest BCUT2D eigenvalue weighted by atomic mass is 9.94. The third-order valence-electron chi connectivity index (χ3n) is 3.47. The lowest BCUT2D eigenvalue weighted by Crippen LogP contribution is -2.44. The highest BCUT2D eigenvalue weighted by molar-refractivity contribution is 5.68. The summed E-state index contributed by atoms with van der Waals surface area (Å²) < 4.78 is 11.3. The summed E-state index contributed by atoms with van der Waals surface area (Å²) in [5, 5.41) is 2.93. The minimum atomic E-state index is -0.504. The molecule has 3 atom stereocenters. The van der Waals surface area contributed by atoms with Crippen LogP contribution >= 0.6 is 0 Å². The highest BCUT2D eigenvalue weighted by atomic mass is 16.6. The second-order valence-corrected chi connectivity index (χ2v) is 6.75. The van der Waals surface area contributed by atoms with Crippen molar-refractivity contribution in [3.8, 4) is 0 Å². The average molecular weight is 307 g/mol. The molecule has 1 aliphatic heterocycles. The van der Waals surface area contributed by atoms with Crippen LogP contribution in [0.25, 0.3) is 0 Å². The standard InChI is InChI=1S/C16H25N3O3/c1-10-7-11(19-15(20)22-16(2,3)4)8-14(21-10)12-5-6-18-9-13(12)17/h5-6,9-11,14H,7-8,17H2,1-4H3,(H,19,20). The molecule has 0 bridgehead atoms. The molecule has 22 heavy (non-hydrogen) atoms. The number of anilines is 1. The van der Waals surface area contributed by atoms with Crippen molar-refractivity contribution in [1.82, 2.24) is 10.3 Å². The van der Waals surface area contributed by atoms with E-state index in [1.807, 2.05) is 33.8 Å². The van der Waals surface area contributed by atoms with E-state index in [1.54, 1.807) is 12.4 Å². The molecule has 0 saturated carbocycles. The predicted molar refractivity (Wildman–Crippen MR) is 84.3 cm³/mol. The Morgan fingerprint density at radius 1 is 1.45 bits per heavy atom. The second kappa shape index (κ2) is 6.52. The Morgan fingerprint density at radius 3 is 2.82 bits per heavy atom. The molecule has 0 spiro atoms. The Hall–Kier alpha value is -1.82. The van der Waals surface area contributed by atoms with Crippen molar-refractivity contribution in [2.45, 2.75) is 64.4 Å². The highest BCUT2D eigenvalue weighted by Gasteiger charge is 2.31. The molecule has 0 aliphatic carbocycles. The van der Waals surface area contributed by atoms with E-state index in [-0.39, 0.29) is 18.2 Å². The van der Waals surface area contributed by atoms with Crippen molar-refractivity contribution < 1.29 is 14.3 Å². The van der Waals surface area contributed by atoms with Crippen molar-refractivity contribution in [2.24, 2.45) is 0 Å². The minimum Gasteiger partial charge on any atom is -0.444 e. The molecule has 3 unspecified atom stereocenters. The molecule has 6 nitrogen and oxygen atoms in total. The van der Waals surface area contributed by atoms with E-state index in [4.69, 9.17) is 15.2 Å². The first-order valence-electron chi connectivity index (χ1n) is 7.59. The van der Waals surface area contributed by atoms with Crippen molar-refractivity contribution in [3.63, 3.8) is 0 Å². The van der Waals surface area contributed by atoms with Gasteiger partial charge in [-0.1, -0.05) is 0 Å². The van der Waals surface area contributed by atoms with Gasteiger partial charge in [-0.15, -0.1) is 0 Å². The van der Waals surface area contributed by atoms with Gasteiger partial charge in [0.05, 0.1) is 24.1 Å². The quantitative estimate of drug-likeness (QED) is 0.877. The smallest absolute Gasteiger partial charge is 0.407 e. The Labute approximate surface area is 131 Å². The Kier molecular flexibility index (Phi) is 4.90. The number of carbonyl (C=O) groups is 1. The number of hydrogen-bond acceptors (Lipinski definition) is 5. The first-order chi connectivity index (χ1) is 10.2. The molecule has 122 valence electrons. The molecule has 1 amide bonds. The van der Waals surface area contributed by atoms with Crippen LogP contribution in [0.5, 0.6) is 0 Å². The van der Waals surface area contributed by atoms with Gasteiger partial charge in [0.15, 0.2) is 0 Å². The summed E-state index contributed by atoms with van der Waals surface area (Å²) in [5.74, 6) is 0. The second-order valence-electron chi connectivity index (χ2n) is 6.75. The number of rotatable bonds is 2. The van der Waals surface area contributed by atoms with Gasteiger partial charge in [0.1, 0.15) is 5.60 Å². The fourth-order valence-electron chi connectivity index (χ4n) is 2.65. The van der Waals surface area contributed by atoms with Crippen molar-refractivity contribution >= 4 is 11.8 Å². The third kappa shape index (κ3) is 4.59. The number of alkyl carbamates (subject to hydrolysis) is 1. The summed E-state index contributed by atoms with van der Waals surface area (Å²) in [6, 6.07) is 1.86. The zero-order valence-electron chi connectivity index (χ0n) is 13.6. The van der Waals surface area contributed by atoms with Gasteiger partial charge in [-0.05, 0) is 46.6 Å². The molecule has 2 heterocycles. The van der Waals surface area contributed by atoms with E-state index in [0.717, 1.165) is 12.0 Å². The van der Waals surface area contributed by atoms with Gasteiger partial charge in [-0.2, -0.15) is 0 Å². The Balaban J connectivity index is 2.02. The SMILES string of the molecule is CC1CC(NC(=O)OC(C)(C)C)CC(c2ccncc2N)O1. The summed E-state index contributed by atoms with van der Waals surface area (Å²) in [4.78, 5) is 15.9. The third-order valence-corrected chi connectivity index (χ3v) is 3.47. The molecule has 2 rings (SSSR count). The Morgan fingerprint density at radius 2 is 2.18 bits per heavy atom. The zero-order chi connectivity index (χ0) is 16.3. The number of carbonyl (C=O) groups excluding carboxylic acids is 1. The minimum absolute atomic E-state index is 0.00355.